The maximum atomic E-state index is 13.2. The zero-order valence-electron chi connectivity index (χ0n) is 20.0. The monoisotopic (exact) mass is 521 g/mol. The molecule has 12 nitrogen and oxygen atoms in total. The lowest BCUT2D eigenvalue weighted by Gasteiger charge is -2.28. The number of carbonyl (C=O) groups is 6. The van der Waals surface area contributed by atoms with Gasteiger partial charge in [0.25, 0.3) is 5.91 Å². The van der Waals surface area contributed by atoms with Crippen LogP contribution in [0.5, 0.6) is 0 Å². The van der Waals surface area contributed by atoms with Crippen molar-refractivity contribution >= 4 is 47.3 Å². The summed E-state index contributed by atoms with van der Waals surface area (Å²) in [6.07, 6.45) is -0.212. The Labute approximate surface area is 212 Å². The number of hydrogen-bond acceptors (Lipinski definition) is 7. The predicted molar refractivity (Wildman–Crippen MR) is 132 cm³/mol. The largest absolute Gasteiger partial charge is 0.481 e. The highest BCUT2D eigenvalue weighted by atomic mass is 32.2. The molecule has 0 radical (unpaired) electrons. The molecule has 13 heteroatoms. The van der Waals surface area contributed by atoms with Crippen molar-refractivity contribution in [2.75, 3.05) is 12.3 Å². The van der Waals surface area contributed by atoms with Gasteiger partial charge in [-0.05, 0) is 17.5 Å². The van der Waals surface area contributed by atoms with Gasteiger partial charge in [-0.3, -0.25) is 28.8 Å². The molecule has 4 atom stereocenters. The Morgan fingerprint density at radius 3 is 2.47 bits per heavy atom. The quantitative estimate of drug-likeness (QED) is 0.266. The minimum absolute atomic E-state index is 0.106. The number of hydrogen-bond donors (Lipinski definition) is 6. The number of thioether (sulfide) groups is 1. The molecule has 36 heavy (non-hydrogen) atoms. The van der Waals surface area contributed by atoms with E-state index in [9.17, 15) is 33.9 Å². The van der Waals surface area contributed by atoms with Crippen molar-refractivity contribution in [1.82, 2.24) is 21.3 Å². The first-order valence-corrected chi connectivity index (χ1v) is 12.5. The minimum Gasteiger partial charge on any atom is -0.481 e. The second kappa shape index (κ2) is 13.5. The van der Waals surface area contributed by atoms with Crippen LogP contribution in [0, 0.1) is 5.92 Å². The van der Waals surface area contributed by atoms with Crippen LogP contribution in [0.1, 0.15) is 42.6 Å². The smallest absolute Gasteiger partial charge is 0.305 e. The van der Waals surface area contributed by atoms with Gasteiger partial charge < -0.3 is 32.1 Å². The molecular weight excluding hydrogens is 490 g/mol. The summed E-state index contributed by atoms with van der Waals surface area (Å²) < 4.78 is 0. The number of carboxylic acids is 1. The number of fused-ring (bicyclic) bond motifs is 1. The normalized spacial score (nSPS) is 22.1. The molecule has 196 valence electrons. The third kappa shape index (κ3) is 8.26. The molecule has 1 heterocycles. The van der Waals surface area contributed by atoms with Crippen molar-refractivity contribution in [2.24, 2.45) is 11.7 Å². The molecular formula is C23H31N5O7S. The van der Waals surface area contributed by atoms with Crippen LogP contribution in [0.4, 0.5) is 0 Å². The fraction of sp³-hybridized carbons (Fsp3) is 0.478. The Kier molecular flexibility index (Phi) is 10.7. The van der Waals surface area contributed by atoms with Crippen molar-refractivity contribution in [3.8, 4) is 0 Å². The number of benzene rings is 1. The van der Waals surface area contributed by atoms with Gasteiger partial charge in [-0.1, -0.05) is 38.5 Å². The summed E-state index contributed by atoms with van der Waals surface area (Å²) in [6.45, 7) is 3.10. The van der Waals surface area contributed by atoms with Gasteiger partial charge in [-0.2, -0.15) is 11.8 Å². The molecule has 0 spiro atoms. The molecule has 1 aliphatic rings. The van der Waals surface area contributed by atoms with Crippen LogP contribution in [-0.4, -0.2) is 71.0 Å². The standard InChI is InChI=1S/C23H31N5O7S/c1-3-12(2)19-23(35)27-16(21(33)25-9-17(24)29)11-36-10-13-6-4-5-7-14(13)20(32)26-15(8-18(30)31)22(34)28-19/h4-7,12,15-16,19H,3,8-11H2,1-2H3,(H2,24,29)(H,25,33)(H,26,32)(H,27,35)(H,28,34)(H,30,31)/t12?,15-,16+,19-/m0/s1. The second-order valence-corrected chi connectivity index (χ2v) is 9.44. The van der Waals surface area contributed by atoms with Gasteiger partial charge in [0.15, 0.2) is 0 Å². The van der Waals surface area contributed by atoms with Crippen LogP contribution in [0.15, 0.2) is 24.3 Å². The molecule has 0 aliphatic carbocycles. The van der Waals surface area contributed by atoms with E-state index < -0.39 is 66.6 Å². The number of nitrogens with two attached hydrogens (primary N) is 1. The number of aliphatic carboxylic acids is 1. The van der Waals surface area contributed by atoms with E-state index in [0.717, 1.165) is 0 Å². The van der Waals surface area contributed by atoms with Gasteiger partial charge in [0.1, 0.15) is 18.1 Å². The number of amides is 5. The molecule has 0 bridgehead atoms. The third-order valence-electron chi connectivity index (χ3n) is 5.67. The molecule has 1 aromatic rings. The minimum atomic E-state index is -1.44. The van der Waals surface area contributed by atoms with Gasteiger partial charge in [0, 0.05) is 17.1 Å². The Bertz CT molecular complexity index is 1020. The van der Waals surface area contributed by atoms with Gasteiger partial charge in [0.05, 0.1) is 13.0 Å². The van der Waals surface area contributed by atoms with Crippen LogP contribution in [0.2, 0.25) is 0 Å². The van der Waals surface area contributed by atoms with Crippen LogP contribution in [-0.2, 0) is 29.7 Å². The van der Waals surface area contributed by atoms with Crippen LogP contribution < -0.4 is 27.0 Å². The zero-order chi connectivity index (χ0) is 26.8. The lowest BCUT2D eigenvalue weighted by Crippen LogP contribution is -2.59. The average Bonchev–Trinajstić information content (AvgIpc) is 2.83. The highest BCUT2D eigenvalue weighted by Crippen LogP contribution is 2.19. The highest BCUT2D eigenvalue weighted by molar-refractivity contribution is 7.98. The van der Waals surface area contributed by atoms with Crippen molar-refractivity contribution in [3.05, 3.63) is 35.4 Å². The summed E-state index contributed by atoms with van der Waals surface area (Å²) in [6, 6.07) is 2.98. The van der Waals surface area contributed by atoms with E-state index in [4.69, 9.17) is 5.73 Å². The topological polar surface area (TPSA) is 197 Å². The number of nitrogens with one attached hydrogen (secondary N) is 4. The third-order valence-corrected chi connectivity index (χ3v) is 6.75. The van der Waals surface area contributed by atoms with E-state index in [1.54, 1.807) is 38.1 Å². The molecule has 1 unspecified atom stereocenters. The number of primary amides is 1. The number of rotatable bonds is 7. The first kappa shape index (κ1) is 28.6. The maximum Gasteiger partial charge on any atom is 0.305 e. The summed E-state index contributed by atoms with van der Waals surface area (Å²) in [5.74, 6) is -4.83. The Morgan fingerprint density at radius 1 is 1.14 bits per heavy atom. The van der Waals surface area contributed by atoms with Crippen molar-refractivity contribution in [2.45, 2.75) is 50.6 Å². The Hall–Kier alpha value is -3.61. The molecule has 1 aromatic carbocycles. The molecule has 5 amide bonds. The molecule has 0 saturated carbocycles. The lowest BCUT2D eigenvalue weighted by atomic mass is 9.97. The summed E-state index contributed by atoms with van der Waals surface area (Å²) in [5, 5.41) is 19.3. The van der Waals surface area contributed by atoms with E-state index in [0.29, 0.717) is 12.0 Å². The lowest BCUT2D eigenvalue weighted by molar-refractivity contribution is -0.140. The zero-order valence-corrected chi connectivity index (χ0v) is 20.9. The Morgan fingerprint density at radius 2 is 1.83 bits per heavy atom. The van der Waals surface area contributed by atoms with E-state index in [2.05, 4.69) is 21.3 Å². The summed E-state index contributed by atoms with van der Waals surface area (Å²) in [4.78, 5) is 74.4. The number of carboxylic acid groups (broad SMARTS) is 1. The van der Waals surface area contributed by atoms with E-state index >= 15 is 0 Å². The summed E-state index contributed by atoms with van der Waals surface area (Å²) in [5.41, 5.74) is 5.95. The number of carbonyl (C=O) groups excluding carboxylic acids is 5. The van der Waals surface area contributed by atoms with Gasteiger partial charge in [-0.15, -0.1) is 0 Å². The van der Waals surface area contributed by atoms with E-state index in [-0.39, 0.29) is 23.0 Å². The fourth-order valence-electron chi connectivity index (χ4n) is 3.47. The first-order valence-electron chi connectivity index (χ1n) is 11.4. The van der Waals surface area contributed by atoms with E-state index in [1.807, 2.05) is 0 Å². The highest BCUT2D eigenvalue weighted by Gasteiger charge is 2.33. The predicted octanol–water partition coefficient (Wildman–Crippen LogP) is -0.876. The SMILES string of the molecule is CCC(C)[C@@H]1NC(=O)[C@H](CC(=O)O)NC(=O)c2ccccc2CSC[C@H](C(=O)NCC(N)=O)NC1=O. The molecule has 1 aliphatic heterocycles. The van der Waals surface area contributed by atoms with E-state index in [1.165, 1.54) is 11.8 Å². The van der Waals surface area contributed by atoms with Gasteiger partial charge in [-0.25, -0.2) is 0 Å². The summed E-state index contributed by atoms with van der Waals surface area (Å²) >= 11 is 1.27. The van der Waals surface area contributed by atoms with Crippen molar-refractivity contribution < 1.29 is 33.9 Å². The van der Waals surface area contributed by atoms with Crippen LogP contribution in [0.3, 0.4) is 0 Å². The molecule has 0 aromatic heterocycles. The van der Waals surface area contributed by atoms with Gasteiger partial charge >= 0.3 is 5.97 Å². The van der Waals surface area contributed by atoms with Crippen molar-refractivity contribution in [1.29, 1.82) is 0 Å². The molecule has 2 rings (SSSR count). The second-order valence-electron chi connectivity index (χ2n) is 8.41. The molecule has 7 N–H and O–H groups in total. The fourth-order valence-corrected chi connectivity index (χ4v) is 4.53. The molecule has 0 fully saturated rings. The summed E-state index contributed by atoms with van der Waals surface area (Å²) in [7, 11) is 0. The Balaban J connectivity index is 2.45. The van der Waals surface area contributed by atoms with Gasteiger partial charge in [0.2, 0.25) is 23.6 Å². The molecule has 0 saturated heterocycles. The average molecular weight is 522 g/mol. The van der Waals surface area contributed by atoms with Crippen LogP contribution >= 0.6 is 11.8 Å². The maximum absolute atomic E-state index is 13.2. The van der Waals surface area contributed by atoms with Crippen molar-refractivity contribution in [3.63, 3.8) is 0 Å². The first-order chi connectivity index (χ1) is 17.0. The van der Waals surface area contributed by atoms with Crippen LogP contribution in [0.25, 0.3) is 0 Å².